The Balaban J connectivity index is 2.70. The second-order valence-corrected chi connectivity index (χ2v) is 5.69. The summed E-state index contributed by atoms with van der Waals surface area (Å²) in [6.45, 7) is 8.86. The quantitative estimate of drug-likeness (QED) is 0.581. The molecule has 0 aliphatic carbocycles. The van der Waals surface area contributed by atoms with Crippen LogP contribution in [0.25, 0.3) is 0 Å². The lowest BCUT2D eigenvalue weighted by Crippen LogP contribution is -2.07. The first-order valence-corrected chi connectivity index (χ1v) is 7.47. The zero-order chi connectivity index (χ0) is 14.3. The van der Waals surface area contributed by atoms with Gasteiger partial charge in [0.2, 0.25) is 0 Å². The number of aryl methyl sites for hydroxylation is 1. The van der Waals surface area contributed by atoms with E-state index in [0.29, 0.717) is 18.3 Å². The van der Waals surface area contributed by atoms with Crippen LogP contribution in [-0.4, -0.2) is 6.61 Å². The average Bonchev–Trinajstić information content (AvgIpc) is 2.36. The molecule has 0 heterocycles. The molecule has 19 heavy (non-hydrogen) atoms. The fraction of sp³-hybridized carbons (Fsp3) is 0.647. The van der Waals surface area contributed by atoms with Gasteiger partial charge < -0.3 is 4.74 Å². The van der Waals surface area contributed by atoms with Gasteiger partial charge in [0.25, 0.3) is 0 Å². The molecule has 0 bridgehead atoms. The zero-order valence-electron chi connectivity index (χ0n) is 12.8. The molecule has 108 valence electrons. The Hall–Kier alpha value is -1.05. The van der Waals surface area contributed by atoms with E-state index in [-0.39, 0.29) is 5.82 Å². The second kappa shape index (κ2) is 8.19. The van der Waals surface area contributed by atoms with Crippen LogP contribution in [0.2, 0.25) is 0 Å². The predicted octanol–water partition coefficient (Wildman–Crippen LogP) is 5.29. The summed E-state index contributed by atoms with van der Waals surface area (Å²) in [4.78, 5) is 0. The van der Waals surface area contributed by atoms with E-state index in [2.05, 4.69) is 20.8 Å². The van der Waals surface area contributed by atoms with Crippen LogP contribution in [0.4, 0.5) is 4.39 Å². The van der Waals surface area contributed by atoms with Crippen LogP contribution < -0.4 is 4.74 Å². The maximum Gasteiger partial charge on any atom is 0.168 e. The van der Waals surface area contributed by atoms with Gasteiger partial charge in [0, 0.05) is 0 Å². The normalized spacial score (nSPS) is 11.1. The third kappa shape index (κ3) is 5.22. The van der Waals surface area contributed by atoms with Gasteiger partial charge in [0.05, 0.1) is 6.61 Å². The molecule has 2 heteroatoms. The third-order valence-corrected chi connectivity index (χ3v) is 3.29. The van der Waals surface area contributed by atoms with Crippen molar-refractivity contribution in [2.75, 3.05) is 6.61 Å². The maximum atomic E-state index is 14.4. The summed E-state index contributed by atoms with van der Waals surface area (Å²) in [7, 11) is 0. The lowest BCUT2D eigenvalue weighted by Gasteiger charge is -2.14. The van der Waals surface area contributed by atoms with Crippen LogP contribution in [0.1, 0.15) is 57.6 Å². The van der Waals surface area contributed by atoms with Gasteiger partial charge in [0.1, 0.15) is 0 Å². The Morgan fingerprint density at radius 3 is 2.53 bits per heavy atom. The van der Waals surface area contributed by atoms with Crippen molar-refractivity contribution in [2.24, 2.45) is 5.92 Å². The first kappa shape index (κ1) is 16.0. The molecule has 0 atom stereocenters. The maximum absolute atomic E-state index is 14.4. The van der Waals surface area contributed by atoms with Crippen LogP contribution in [0.3, 0.4) is 0 Å². The predicted molar refractivity (Wildman–Crippen MR) is 79.3 cm³/mol. The van der Waals surface area contributed by atoms with Gasteiger partial charge in [-0.1, -0.05) is 46.1 Å². The Labute approximate surface area is 117 Å². The van der Waals surface area contributed by atoms with Gasteiger partial charge in [-0.25, -0.2) is 4.39 Å². The molecule has 0 radical (unpaired) electrons. The van der Waals surface area contributed by atoms with E-state index >= 15 is 0 Å². The molecule has 0 aliphatic heterocycles. The van der Waals surface area contributed by atoms with Crippen LogP contribution in [0.5, 0.6) is 5.75 Å². The van der Waals surface area contributed by atoms with Crippen molar-refractivity contribution in [2.45, 2.75) is 59.8 Å². The van der Waals surface area contributed by atoms with Crippen molar-refractivity contribution < 1.29 is 9.13 Å². The van der Waals surface area contributed by atoms with Crippen molar-refractivity contribution in [1.29, 1.82) is 0 Å². The summed E-state index contributed by atoms with van der Waals surface area (Å²) in [5.74, 6) is 0.663. The Morgan fingerprint density at radius 1 is 1.16 bits per heavy atom. The van der Waals surface area contributed by atoms with E-state index in [0.717, 1.165) is 24.0 Å². The number of ether oxygens (including phenoxy) is 1. The zero-order valence-corrected chi connectivity index (χ0v) is 12.8. The third-order valence-electron chi connectivity index (χ3n) is 3.29. The summed E-state index contributed by atoms with van der Waals surface area (Å²) in [5, 5.41) is 0. The van der Waals surface area contributed by atoms with Crippen molar-refractivity contribution >= 4 is 0 Å². The molecule has 1 rings (SSSR count). The minimum Gasteiger partial charge on any atom is -0.490 e. The molecule has 1 aromatic rings. The molecule has 1 aromatic carbocycles. The topological polar surface area (TPSA) is 9.23 Å². The summed E-state index contributed by atoms with van der Waals surface area (Å²) in [6, 6.07) is 3.72. The monoisotopic (exact) mass is 266 g/mol. The largest absolute Gasteiger partial charge is 0.490 e. The average molecular weight is 266 g/mol. The molecule has 0 amide bonds. The van der Waals surface area contributed by atoms with Crippen molar-refractivity contribution in [3.63, 3.8) is 0 Å². The molecule has 0 aromatic heterocycles. The summed E-state index contributed by atoms with van der Waals surface area (Å²) < 4.78 is 19.9. The van der Waals surface area contributed by atoms with Crippen molar-refractivity contribution in [3.8, 4) is 5.75 Å². The van der Waals surface area contributed by atoms with Gasteiger partial charge in [-0.3, -0.25) is 0 Å². The Kier molecular flexibility index (Phi) is 6.90. The van der Waals surface area contributed by atoms with Crippen LogP contribution >= 0.6 is 0 Å². The van der Waals surface area contributed by atoms with Crippen LogP contribution in [-0.2, 0) is 6.42 Å². The molecule has 0 fully saturated rings. The summed E-state index contributed by atoms with van der Waals surface area (Å²) >= 11 is 0. The van der Waals surface area contributed by atoms with Gasteiger partial charge >= 0.3 is 0 Å². The summed E-state index contributed by atoms with van der Waals surface area (Å²) in [5.41, 5.74) is 1.86. The molecular weight excluding hydrogens is 239 g/mol. The van der Waals surface area contributed by atoms with E-state index in [1.165, 1.54) is 19.3 Å². The van der Waals surface area contributed by atoms with E-state index in [4.69, 9.17) is 4.74 Å². The number of hydrogen-bond acceptors (Lipinski definition) is 1. The van der Waals surface area contributed by atoms with Gasteiger partial charge in [0.15, 0.2) is 11.6 Å². The smallest absolute Gasteiger partial charge is 0.168 e. The highest BCUT2D eigenvalue weighted by molar-refractivity contribution is 5.37. The fourth-order valence-corrected chi connectivity index (χ4v) is 2.10. The lowest BCUT2D eigenvalue weighted by atomic mass is 10.0. The SMILES string of the molecule is CCCCCCc1c(C)ccc(OCC(C)C)c1F. The van der Waals surface area contributed by atoms with E-state index in [1.807, 2.05) is 13.0 Å². The van der Waals surface area contributed by atoms with Gasteiger partial charge in [-0.05, 0) is 42.9 Å². The number of rotatable bonds is 8. The molecule has 0 N–H and O–H groups in total. The molecule has 0 saturated carbocycles. The van der Waals surface area contributed by atoms with E-state index < -0.39 is 0 Å². The first-order valence-electron chi connectivity index (χ1n) is 7.47. The van der Waals surface area contributed by atoms with Gasteiger partial charge in [-0.2, -0.15) is 0 Å². The number of benzene rings is 1. The van der Waals surface area contributed by atoms with Crippen LogP contribution in [0.15, 0.2) is 12.1 Å². The fourth-order valence-electron chi connectivity index (χ4n) is 2.10. The highest BCUT2D eigenvalue weighted by Crippen LogP contribution is 2.25. The second-order valence-electron chi connectivity index (χ2n) is 5.69. The van der Waals surface area contributed by atoms with Crippen molar-refractivity contribution in [1.82, 2.24) is 0 Å². The van der Waals surface area contributed by atoms with E-state index in [1.54, 1.807) is 6.07 Å². The van der Waals surface area contributed by atoms with Crippen LogP contribution in [0, 0.1) is 18.7 Å². The Bertz CT molecular complexity index is 385. The molecule has 0 unspecified atom stereocenters. The summed E-state index contributed by atoms with van der Waals surface area (Å²) in [6.07, 6.45) is 5.48. The van der Waals surface area contributed by atoms with Crippen molar-refractivity contribution in [3.05, 3.63) is 29.1 Å². The standard InChI is InChI=1S/C17H27FO/c1-5-6-7-8-9-15-14(4)10-11-16(17(15)18)19-12-13(2)3/h10-11,13H,5-9,12H2,1-4H3. The van der Waals surface area contributed by atoms with E-state index in [9.17, 15) is 4.39 Å². The highest BCUT2D eigenvalue weighted by Gasteiger charge is 2.12. The first-order chi connectivity index (χ1) is 9.06. The van der Waals surface area contributed by atoms with Gasteiger partial charge in [-0.15, -0.1) is 0 Å². The molecule has 0 aliphatic rings. The number of hydrogen-bond donors (Lipinski definition) is 0. The molecule has 1 nitrogen and oxygen atoms in total. The molecule has 0 saturated heterocycles. The molecular formula is C17H27FO. The number of unbranched alkanes of at least 4 members (excludes halogenated alkanes) is 3. The minimum absolute atomic E-state index is 0.155. The minimum atomic E-state index is -0.155. The molecule has 0 spiro atoms. The highest BCUT2D eigenvalue weighted by atomic mass is 19.1. The lowest BCUT2D eigenvalue weighted by molar-refractivity contribution is 0.258. The Morgan fingerprint density at radius 2 is 1.89 bits per heavy atom. The number of halogens is 1.